The maximum Gasteiger partial charge on any atom is 0.224 e. The smallest absolute Gasteiger partial charge is 0.224 e. The molecule has 2 amide bonds. The van der Waals surface area contributed by atoms with Crippen molar-refractivity contribution in [3.63, 3.8) is 0 Å². The van der Waals surface area contributed by atoms with Crippen LogP contribution in [-0.2, 0) is 9.59 Å². The van der Waals surface area contributed by atoms with Crippen molar-refractivity contribution in [3.05, 3.63) is 48.5 Å². The van der Waals surface area contributed by atoms with E-state index in [1.54, 1.807) is 0 Å². The van der Waals surface area contributed by atoms with Crippen LogP contribution in [0, 0.1) is 0 Å². The van der Waals surface area contributed by atoms with Crippen molar-refractivity contribution < 1.29 is 19.1 Å². The van der Waals surface area contributed by atoms with Crippen molar-refractivity contribution in [1.29, 1.82) is 0 Å². The van der Waals surface area contributed by atoms with E-state index in [9.17, 15) is 9.59 Å². The van der Waals surface area contributed by atoms with Crippen LogP contribution >= 0.6 is 0 Å². The number of anilines is 2. The second kappa shape index (κ2) is 15.0. The summed E-state index contributed by atoms with van der Waals surface area (Å²) in [4.78, 5) is 24.2. The minimum absolute atomic E-state index is 0.0398. The number of ether oxygens (including phenoxy) is 2. The molecule has 0 atom stereocenters. The van der Waals surface area contributed by atoms with Gasteiger partial charge in [0.15, 0.2) is 0 Å². The summed E-state index contributed by atoms with van der Waals surface area (Å²) in [7, 11) is 0. The number of carbonyl (C=O) groups is 2. The number of hydrogen-bond donors (Lipinski definition) is 2. The number of carbonyl (C=O) groups excluding carboxylic acids is 2. The first kappa shape index (κ1) is 27.2. The molecule has 0 radical (unpaired) electrons. The molecule has 6 nitrogen and oxygen atoms in total. The van der Waals surface area contributed by atoms with Crippen molar-refractivity contribution in [2.75, 3.05) is 10.6 Å². The Labute approximate surface area is 204 Å². The minimum Gasteiger partial charge on any atom is -0.491 e. The van der Waals surface area contributed by atoms with E-state index in [1.807, 2.05) is 76.2 Å². The molecule has 186 valence electrons. The number of hydrogen-bond acceptors (Lipinski definition) is 4. The van der Waals surface area contributed by atoms with E-state index in [4.69, 9.17) is 9.47 Å². The molecule has 0 aliphatic rings. The van der Waals surface area contributed by atoms with E-state index >= 15 is 0 Å². The van der Waals surface area contributed by atoms with Crippen LogP contribution in [0.4, 0.5) is 11.4 Å². The molecule has 0 aliphatic carbocycles. The van der Waals surface area contributed by atoms with E-state index in [2.05, 4.69) is 10.6 Å². The summed E-state index contributed by atoms with van der Waals surface area (Å²) in [5, 5.41) is 5.86. The highest BCUT2D eigenvalue weighted by Crippen LogP contribution is 2.19. The highest BCUT2D eigenvalue weighted by molar-refractivity contribution is 5.91. The van der Waals surface area contributed by atoms with Crippen LogP contribution in [0.3, 0.4) is 0 Å². The van der Waals surface area contributed by atoms with Crippen LogP contribution < -0.4 is 20.1 Å². The second-order valence-corrected chi connectivity index (χ2v) is 9.10. The lowest BCUT2D eigenvalue weighted by Gasteiger charge is -2.11. The van der Waals surface area contributed by atoms with Crippen LogP contribution in [0.5, 0.6) is 11.5 Å². The molecule has 0 fully saturated rings. The zero-order valence-corrected chi connectivity index (χ0v) is 21.1. The lowest BCUT2D eigenvalue weighted by atomic mass is 10.1. The summed E-state index contributed by atoms with van der Waals surface area (Å²) < 4.78 is 11.2. The zero-order valence-electron chi connectivity index (χ0n) is 21.1. The van der Waals surface area contributed by atoms with Gasteiger partial charge in [0.1, 0.15) is 11.5 Å². The third-order valence-electron chi connectivity index (χ3n) is 5.08. The summed E-state index contributed by atoms with van der Waals surface area (Å²) in [5.74, 6) is 1.68. The van der Waals surface area contributed by atoms with Gasteiger partial charge in [-0.25, -0.2) is 0 Å². The highest BCUT2D eigenvalue weighted by Gasteiger charge is 2.05. The van der Waals surface area contributed by atoms with E-state index in [0.717, 1.165) is 61.4 Å². The number of unbranched alkanes of at least 4 members (excludes halogenated alkanes) is 5. The van der Waals surface area contributed by atoms with Gasteiger partial charge in [-0.1, -0.05) is 25.7 Å². The van der Waals surface area contributed by atoms with Gasteiger partial charge in [-0.3, -0.25) is 9.59 Å². The Kier molecular flexibility index (Phi) is 12.0. The molecule has 2 aromatic rings. The molecular weight excluding hydrogens is 428 g/mol. The molecule has 2 aromatic carbocycles. The fourth-order valence-electron chi connectivity index (χ4n) is 3.50. The van der Waals surface area contributed by atoms with Gasteiger partial charge < -0.3 is 20.1 Å². The van der Waals surface area contributed by atoms with Crippen LogP contribution in [-0.4, -0.2) is 24.0 Å². The van der Waals surface area contributed by atoms with Gasteiger partial charge >= 0.3 is 0 Å². The normalized spacial score (nSPS) is 10.9. The zero-order chi connectivity index (χ0) is 24.8. The fourth-order valence-corrected chi connectivity index (χ4v) is 3.50. The predicted molar refractivity (Wildman–Crippen MR) is 139 cm³/mol. The Balaban J connectivity index is 1.49. The molecule has 0 heterocycles. The number of rotatable bonds is 15. The molecule has 0 saturated carbocycles. The van der Waals surface area contributed by atoms with Gasteiger partial charge in [0, 0.05) is 24.2 Å². The van der Waals surface area contributed by atoms with Gasteiger partial charge in [-0.2, -0.15) is 0 Å². The average molecular weight is 469 g/mol. The van der Waals surface area contributed by atoms with E-state index < -0.39 is 0 Å². The maximum atomic E-state index is 12.1. The van der Waals surface area contributed by atoms with Crippen LogP contribution in [0.15, 0.2) is 48.5 Å². The third-order valence-corrected chi connectivity index (χ3v) is 5.08. The monoisotopic (exact) mass is 468 g/mol. The fraction of sp³-hybridized carbons (Fsp3) is 0.500. The van der Waals surface area contributed by atoms with Crippen molar-refractivity contribution in [1.82, 2.24) is 0 Å². The molecule has 0 bridgehead atoms. The molecule has 2 rings (SSSR count). The van der Waals surface area contributed by atoms with Crippen molar-refractivity contribution in [2.45, 2.75) is 91.3 Å². The maximum absolute atomic E-state index is 12.1. The molecule has 0 unspecified atom stereocenters. The SMILES string of the molecule is CC(C)Oc1ccc(NC(=O)CCCCCCCCC(=O)Nc2ccc(OC(C)C)cc2)cc1. The van der Waals surface area contributed by atoms with Gasteiger partial charge in [0.05, 0.1) is 12.2 Å². The van der Waals surface area contributed by atoms with Crippen molar-refractivity contribution in [2.24, 2.45) is 0 Å². The quantitative estimate of drug-likeness (QED) is 0.277. The van der Waals surface area contributed by atoms with Crippen LogP contribution in [0.25, 0.3) is 0 Å². The second-order valence-electron chi connectivity index (χ2n) is 9.10. The first-order valence-electron chi connectivity index (χ1n) is 12.4. The highest BCUT2D eigenvalue weighted by atomic mass is 16.5. The van der Waals surface area contributed by atoms with Gasteiger partial charge in [0.25, 0.3) is 0 Å². The first-order valence-corrected chi connectivity index (χ1v) is 12.4. The number of amides is 2. The minimum atomic E-state index is 0.0398. The Morgan fingerprint density at radius 3 is 1.24 bits per heavy atom. The number of nitrogens with one attached hydrogen (secondary N) is 2. The molecule has 2 N–H and O–H groups in total. The summed E-state index contributed by atoms with van der Waals surface area (Å²) in [6.07, 6.45) is 7.24. The largest absolute Gasteiger partial charge is 0.491 e. The third kappa shape index (κ3) is 11.7. The van der Waals surface area contributed by atoms with Gasteiger partial charge in [-0.05, 0) is 89.1 Å². The molecule has 6 heteroatoms. The summed E-state index contributed by atoms with van der Waals surface area (Å²) >= 11 is 0. The molecular formula is C28H40N2O4. The molecule has 0 spiro atoms. The van der Waals surface area contributed by atoms with Gasteiger partial charge in [-0.15, -0.1) is 0 Å². The van der Waals surface area contributed by atoms with Gasteiger partial charge in [0.2, 0.25) is 11.8 Å². The van der Waals surface area contributed by atoms with E-state index in [1.165, 1.54) is 0 Å². The average Bonchev–Trinajstić information content (AvgIpc) is 2.77. The molecule has 0 saturated heterocycles. The Morgan fingerprint density at radius 1 is 0.588 bits per heavy atom. The molecule has 0 aromatic heterocycles. The van der Waals surface area contributed by atoms with Crippen LogP contribution in [0.2, 0.25) is 0 Å². The summed E-state index contributed by atoms with van der Waals surface area (Å²) in [6, 6.07) is 14.9. The van der Waals surface area contributed by atoms with Crippen molar-refractivity contribution >= 4 is 23.2 Å². The van der Waals surface area contributed by atoms with E-state index in [0.29, 0.717) is 12.8 Å². The first-order chi connectivity index (χ1) is 16.3. The topological polar surface area (TPSA) is 76.7 Å². The summed E-state index contributed by atoms with van der Waals surface area (Å²) in [5.41, 5.74) is 1.58. The van der Waals surface area contributed by atoms with Crippen molar-refractivity contribution in [3.8, 4) is 11.5 Å². The molecule has 34 heavy (non-hydrogen) atoms. The predicted octanol–water partition coefficient (Wildman–Crippen LogP) is 6.96. The summed E-state index contributed by atoms with van der Waals surface area (Å²) in [6.45, 7) is 7.93. The Bertz CT molecular complexity index is 787. The Hall–Kier alpha value is -3.02. The standard InChI is InChI=1S/C28H40N2O4/c1-21(2)33-25-17-13-23(14-18-25)29-27(31)11-9-7-5-6-8-10-12-28(32)30-24-15-19-26(20-16-24)34-22(3)4/h13-22H,5-12H2,1-4H3,(H,29,31)(H,30,32). The van der Waals surface area contributed by atoms with E-state index in [-0.39, 0.29) is 24.0 Å². The Morgan fingerprint density at radius 2 is 0.912 bits per heavy atom. The van der Waals surface area contributed by atoms with Crippen LogP contribution in [0.1, 0.15) is 79.1 Å². The molecule has 0 aliphatic heterocycles. The lowest BCUT2D eigenvalue weighted by molar-refractivity contribution is -0.117. The number of benzene rings is 2. The lowest BCUT2D eigenvalue weighted by Crippen LogP contribution is -2.11.